The molecule has 3 aliphatic rings. The monoisotopic (exact) mass is 418 g/mol. The summed E-state index contributed by atoms with van der Waals surface area (Å²) in [6.07, 6.45) is 4.24. The fourth-order valence-electron chi connectivity index (χ4n) is 4.77. The SMILES string of the molecule is O=C(CC1=C2CCCCC2N(Cc2ccccc2)C1=O)NCc1ccc2c(c1)OCO2. The summed E-state index contributed by atoms with van der Waals surface area (Å²) in [6.45, 7) is 1.21. The number of hydrogen-bond acceptors (Lipinski definition) is 4. The molecule has 0 radical (unpaired) electrons. The summed E-state index contributed by atoms with van der Waals surface area (Å²) < 4.78 is 10.7. The minimum Gasteiger partial charge on any atom is -0.454 e. The molecule has 1 aliphatic carbocycles. The molecule has 160 valence electrons. The minimum absolute atomic E-state index is 0.0176. The first-order valence-electron chi connectivity index (χ1n) is 10.9. The van der Waals surface area contributed by atoms with E-state index < -0.39 is 0 Å². The van der Waals surface area contributed by atoms with E-state index in [4.69, 9.17) is 9.47 Å². The van der Waals surface area contributed by atoms with Crippen molar-refractivity contribution in [2.45, 2.75) is 51.2 Å². The van der Waals surface area contributed by atoms with Gasteiger partial charge in [-0.15, -0.1) is 0 Å². The maximum Gasteiger partial charge on any atom is 0.251 e. The van der Waals surface area contributed by atoms with E-state index >= 15 is 0 Å². The Kier molecular flexibility index (Phi) is 5.37. The van der Waals surface area contributed by atoms with Crippen LogP contribution in [0.2, 0.25) is 0 Å². The second-order valence-electron chi connectivity index (χ2n) is 8.33. The van der Waals surface area contributed by atoms with Gasteiger partial charge in [0.05, 0.1) is 12.5 Å². The zero-order chi connectivity index (χ0) is 21.2. The number of amides is 2. The van der Waals surface area contributed by atoms with Crippen LogP contribution in [0.3, 0.4) is 0 Å². The van der Waals surface area contributed by atoms with Gasteiger partial charge in [0, 0.05) is 18.7 Å². The van der Waals surface area contributed by atoms with E-state index in [0.717, 1.165) is 42.6 Å². The first-order chi connectivity index (χ1) is 15.2. The molecule has 2 amide bonds. The van der Waals surface area contributed by atoms with Crippen LogP contribution in [-0.2, 0) is 22.7 Å². The van der Waals surface area contributed by atoms with E-state index in [2.05, 4.69) is 5.32 Å². The van der Waals surface area contributed by atoms with Crippen molar-refractivity contribution in [3.63, 3.8) is 0 Å². The first kappa shape index (κ1) is 19.7. The van der Waals surface area contributed by atoms with E-state index in [1.807, 2.05) is 53.4 Å². The Hall–Kier alpha value is -3.28. The summed E-state index contributed by atoms with van der Waals surface area (Å²) in [4.78, 5) is 28.0. The largest absolute Gasteiger partial charge is 0.454 e. The van der Waals surface area contributed by atoms with E-state index in [9.17, 15) is 9.59 Å². The van der Waals surface area contributed by atoms with Crippen LogP contribution in [0.4, 0.5) is 0 Å². The molecule has 1 saturated carbocycles. The molecule has 2 aromatic rings. The number of ether oxygens (including phenoxy) is 2. The third kappa shape index (κ3) is 4.02. The summed E-state index contributed by atoms with van der Waals surface area (Å²) >= 11 is 0. The van der Waals surface area contributed by atoms with Crippen molar-refractivity contribution in [2.75, 3.05) is 6.79 Å². The lowest BCUT2D eigenvalue weighted by Crippen LogP contribution is -2.36. The van der Waals surface area contributed by atoms with Crippen molar-refractivity contribution in [3.05, 3.63) is 70.8 Å². The van der Waals surface area contributed by atoms with Gasteiger partial charge in [0.2, 0.25) is 12.7 Å². The molecule has 1 unspecified atom stereocenters. The summed E-state index contributed by atoms with van der Waals surface area (Å²) in [7, 11) is 0. The van der Waals surface area contributed by atoms with E-state index in [-0.39, 0.29) is 31.1 Å². The van der Waals surface area contributed by atoms with Gasteiger partial charge < -0.3 is 19.7 Å². The summed E-state index contributed by atoms with van der Waals surface area (Å²) in [5, 5.41) is 2.96. The number of carbonyl (C=O) groups is 2. The smallest absolute Gasteiger partial charge is 0.251 e. The minimum atomic E-state index is -0.126. The Morgan fingerprint density at radius 3 is 2.74 bits per heavy atom. The van der Waals surface area contributed by atoms with Crippen molar-refractivity contribution in [3.8, 4) is 11.5 Å². The Labute approximate surface area is 181 Å². The van der Waals surface area contributed by atoms with Crippen LogP contribution < -0.4 is 14.8 Å². The summed E-state index contributed by atoms with van der Waals surface area (Å²) in [5.74, 6) is 1.31. The standard InChI is InChI=1S/C25H26N2O4/c28-24(26-14-18-10-11-22-23(12-18)31-16-30-22)13-20-19-8-4-5-9-21(19)27(25(20)29)15-17-6-2-1-3-7-17/h1-3,6-7,10-12,21H,4-5,8-9,13-16H2,(H,26,28). The van der Waals surface area contributed by atoms with Crippen LogP contribution in [0.25, 0.3) is 0 Å². The zero-order valence-electron chi connectivity index (χ0n) is 17.4. The molecule has 1 N–H and O–H groups in total. The first-order valence-corrected chi connectivity index (χ1v) is 10.9. The second kappa shape index (κ2) is 8.46. The van der Waals surface area contributed by atoms with Gasteiger partial charge in [0.15, 0.2) is 11.5 Å². The van der Waals surface area contributed by atoms with Crippen LogP contribution in [0.15, 0.2) is 59.7 Å². The predicted octanol–water partition coefficient (Wildman–Crippen LogP) is 3.70. The van der Waals surface area contributed by atoms with Crippen molar-refractivity contribution < 1.29 is 19.1 Å². The number of carbonyl (C=O) groups excluding carboxylic acids is 2. The summed E-state index contributed by atoms with van der Waals surface area (Å²) in [5.41, 5.74) is 3.93. The van der Waals surface area contributed by atoms with Crippen molar-refractivity contribution in [1.29, 1.82) is 0 Å². The number of rotatable bonds is 6. The molecule has 6 nitrogen and oxygen atoms in total. The fraction of sp³-hybridized carbons (Fsp3) is 0.360. The summed E-state index contributed by atoms with van der Waals surface area (Å²) in [6, 6.07) is 15.8. The van der Waals surface area contributed by atoms with Crippen LogP contribution in [0, 0.1) is 0 Å². The molecular weight excluding hydrogens is 392 g/mol. The van der Waals surface area contributed by atoms with Crippen molar-refractivity contribution >= 4 is 11.8 Å². The quantitative estimate of drug-likeness (QED) is 0.777. The molecular formula is C25H26N2O4. The van der Waals surface area contributed by atoms with Gasteiger partial charge in [0.25, 0.3) is 5.91 Å². The van der Waals surface area contributed by atoms with Crippen LogP contribution in [0.5, 0.6) is 11.5 Å². The Bertz CT molecular complexity index is 1030. The van der Waals surface area contributed by atoms with Gasteiger partial charge in [-0.05, 0) is 48.1 Å². The molecule has 0 spiro atoms. The molecule has 5 rings (SSSR count). The van der Waals surface area contributed by atoms with Gasteiger partial charge in [-0.1, -0.05) is 42.8 Å². The van der Waals surface area contributed by atoms with Gasteiger partial charge in [-0.3, -0.25) is 9.59 Å². The zero-order valence-corrected chi connectivity index (χ0v) is 17.4. The maximum atomic E-state index is 13.3. The molecule has 2 heterocycles. The van der Waals surface area contributed by atoms with Crippen molar-refractivity contribution in [2.24, 2.45) is 0 Å². The number of benzene rings is 2. The maximum absolute atomic E-state index is 13.3. The Morgan fingerprint density at radius 1 is 1.03 bits per heavy atom. The molecule has 31 heavy (non-hydrogen) atoms. The lowest BCUT2D eigenvalue weighted by molar-refractivity contribution is -0.129. The van der Waals surface area contributed by atoms with Crippen molar-refractivity contribution in [1.82, 2.24) is 10.2 Å². The van der Waals surface area contributed by atoms with Gasteiger partial charge >= 0.3 is 0 Å². The molecule has 0 bridgehead atoms. The number of nitrogens with one attached hydrogen (secondary N) is 1. The third-order valence-electron chi connectivity index (χ3n) is 6.32. The molecule has 2 aliphatic heterocycles. The number of nitrogens with zero attached hydrogens (tertiary/aromatic N) is 1. The number of hydrogen-bond donors (Lipinski definition) is 1. The third-order valence-corrected chi connectivity index (χ3v) is 6.32. The highest BCUT2D eigenvalue weighted by molar-refractivity contribution is 6.02. The van der Waals surface area contributed by atoms with Crippen LogP contribution >= 0.6 is 0 Å². The lowest BCUT2D eigenvalue weighted by atomic mass is 9.88. The van der Waals surface area contributed by atoms with E-state index in [0.29, 0.717) is 24.4 Å². The molecule has 0 aromatic heterocycles. The normalized spacial score (nSPS) is 19.5. The Balaban J connectivity index is 1.26. The fourth-order valence-corrected chi connectivity index (χ4v) is 4.77. The average molecular weight is 418 g/mol. The molecule has 0 saturated heterocycles. The molecule has 2 aromatic carbocycles. The topological polar surface area (TPSA) is 67.9 Å². The van der Waals surface area contributed by atoms with Crippen LogP contribution in [0.1, 0.15) is 43.2 Å². The van der Waals surface area contributed by atoms with E-state index in [1.54, 1.807) is 0 Å². The highest BCUT2D eigenvalue weighted by Gasteiger charge is 2.40. The predicted molar refractivity (Wildman–Crippen MR) is 115 cm³/mol. The Morgan fingerprint density at radius 2 is 1.87 bits per heavy atom. The van der Waals surface area contributed by atoms with Crippen LogP contribution in [-0.4, -0.2) is 29.5 Å². The van der Waals surface area contributed by atoms with Gasteiger partial charge in [-0.25, -0.2) is 0 Å². The highest BCUT2D eigenvalue weighted by atomic mass is 16.7. The van der Waals surface area contributed by atoms with Gasteiger partial charge in [-0.2, -0.15) is 0 Å². The van der Waals surface area contributed by atoms with Gasteiger partial charge in [0.1, 0.15) is 0 Å². The second-order valence-corrected chi connectivity index (χ2v) is 8.33. The molecule has 1 fully saturated rings. The van der Waals surface area contributed by atoms with E-state index in [1.165, 1.54) is 5.57 Å². The average Bonchev–Trinajstić information content (AvgIpc) is 3.37. The lowest BCUT2D eigenvalue weighted by Gasteiger charge is -2.30. The highest BCUT2D eigenvalue weighted by Crippen LogP contribution is 2.38. The molecule has 1 atom stereocenters. The number of fused-ring (bicyclic) bond motifs is 2. The molecule has 6 heteroatoms.